The van der Waals surface area contributed by atoms with Crippen molar-refractivity contribution in [2.24, 2.45) is 5.92 Å². The predicted octanol–water partition coefficient (Wildman–Crippen LogP) is 3.65. The van der Waals surface area contributed by atoms with Crippen molar-refractivity contribution in [3.63, 3.8) is 0 Å². The van der Waals surface area contributed by atoms with E-state index in [0.717, 1.165) is 0 Å². The van der Waals surface area contributed by atoms with Gasteiger partial charge in [0, 0.05) is 6.61 Å². The largest absolute Gasteiger partial charge is 0.370 e. The van der Waals surface area contributed by atoms with Crippen molar-refractivity contribution in [2.45, 2.75) is 26.9 Å². The van der Waals surface area contributed by atoms with Gasteiger partial charge in [-0.2, -0.15) is 0 Å². The molecular formula is C11H15ClO2S. The molecule has 0 aliphatic rings. The maximum atomic E-state index is 12.1. The van der Waals surface area contributed by atoms with Crippen molar-refractivity contribution >= 4 is 28.7 Å². The zero-order valence-electron chi connectivity index (χ0n) is 9.12. The molecule has 1 atom stereocenters. The third-order valence-electron chi connectivity index (χ3n) is 2.05. The molecule has 1 heterocycles. The van der Waals surface area contributed by atoms with Gasteiger partial charge in [0.1, 0.15) is 6.10 Å². The van der Waals surface area contributed by atoms with Crippen LogP contribution in [-0.2, 0) is 4.74 Å². The fourth-order valence-corrected chi connectivity index (χ4v) is 2.47. The molecular weight excluding hydrogens is 232 g/mol. The second-order valence-electron chi connectivity index (χ2n) is 3.58. The van der Waals surface area contributed by atoms with Crippen LogP contribution in [0.5, 0.6) is 0 Å². The highest BCUT2D eigenvalue weighted by molar-refractivity contribution is 7.12. The summed E-state index contributed by atoms with van der Waals surface area (Å²) >= 11 is 7.29. The normalized spacial score (nSPS) is 13.1. The van der Waals surface area contributed by atoms with Crippen LogP contribution in [0.15, 0.2) is 11.4 Å². The van der Waals surface area contributed by atoms with E-state index in [-0.39, 0.29) is 17.8 Å². The van der Waals surface area contributed by atoms with Crippen LogP contribution in [0, 0.1) is 5.92 Å². The number of halogens is 1. The maximum absolute atomic E-state index is 12.1. The molecule has 0 fully saturated rings. The lowest BCUT2D eigenvalue weighted by atomic mass is 10.0. The molecule has 0 aliphatic carbocycles. The molecule has 0 aliphatic heterocycles. The van der Waals surface area contributed by atoms with E-state index in [9.17, 15) is 4.79 Å². The Morgan fingerprint density at radius 3 is 2.67 bits per heavy atom. The Hall–Kier alpha value is -0.380. The molecule has 1 rings (SSSR count). The summed E-state index contributed by atoms with van der Waals surface area (Å²) in [6.45, 7) is 6.37. The van der Waals surface area contributed by atoms with Crippen LogP contribution >= 0.6 is 22.9 Å². The van der Waals surface area contributed by atoms with Crippen molar-refractivity contribution < 1.29 is 9.53 Å². The zero-order chi connectivity index (χ0) is 11.4. The van der Waals surface area contributed by atoms with E-state index in [1.54, 1.807) is 6.07 Å². The molecule has 0 aromatic carbocycles. The first-order valence-electron chi connectivity index (χ1n) is 4.96. The van der Waals surface area contributed by atoms with Crippen molar-refractivity contribution in [3.05, 3.63) is 21.3 Å². The Kier molecular flexibility index (Phi) is 4.77. The van der Waals surface area contributed by atoms with Crippen LogP contribution in [0.3, 0.4) is 0 Å². The summed E-state index contributed by atoms with van der Waals surface area (Å²) in [7, 11) is 0. The van der Waals surface area contributed by atoms with Crippen LogP contribution in [-0.4, -0.2) is 18.5 Å². The Balaban J connectivity index is 2.86. The van der Waals surface area contributed by atoms with Crippen LogP contribution in [0.1, 0.15) is 30.4 Å². The summed E-state index contributed by atoms with van der Waals surface area (Å²) in [5.41, 5.74) is 0. The molecule has 0 radical (unpaired) electrons. The highest BCUT2D eigenvalue weighted by Crippen LogP contribution is 2.26. The molecule has 1 aromatic rings. The summed E-state index contributed by atoms with van der Waals surface area (Å²) in [5, 5.41) is 2.34. The van der Waals surface area contributed by atoms with Gasteiger partial charge in [0.15, 0.2) is 0 Å². The van der Waals surface area contributed by atoms with Crippen molar-refractivity contribution in [3.8, 4) is 0 Å². The SMILES string of the molecule is CCOC(C(=O)c1sccc1Cl)C(C)C. The van der Waals surface area contributed by atoms with E-state index >= 15 is 0 Å². The summed E-state index contributed by atoms with van der Waals surface area (Å²) < 4.78 is 5.44. The Morgan fingerprint density at radius 2 is 2.27 bits per heavy atom. The lowest BCUT2D eigenvalue weighted by Gasteiger charge is -2.18. The number of ether oxygens (including phenoxy) is 1. The predicted molar refractivity (Wildman–Crippen MR) is 63.9 cm³/mol. The average Bonchev–Trinajstić information content (AvgIpc) is 2.59. The van der Waals surface area contributed by atoms with E-state index in [4.69, 9.17) is 16.3 Å². The van der Waals surface area contributed by atoms with Gasteiger partial charge in [-0.3, -0.25) is 4.79 Å². The van der Waals surface area contributed by atoms with Crippen LogP contribution in [0.2, 0.25) is 5.02 Å². The minimum absolute atomic E-state index is 0.00755. The quantitative estimate of drug-likeness (QED) is 0.742. The first kappa shape index (κ1) is 12.7. The van der Waals surface area contributed by atoms with Gasteiger partial charge in [-0.25, -0.2) is 0 Å². The smallest absolute Gasteiger partial charge is 0.203 e. The van der Waals surface area contributed by atoms with Gasteiger partial charge < -0.3 is 4.74 Å². The zero-order valence-corrected chi connectivity index (χ0v) is 10.7. The number of hydrogen-bond acceptors (Lipinski definition) is 3. The summed E-state index contributed by atoms with van der Waals surface area (Å²) in [6, 6.07) is 1.74. The number of thiophene rings is 1. The summed E-state index contributed by atoms with van der Waals surface area (Å²) in [5.74, 6) is 0.155. The molecule has 0 bridgehead atoms. The van der Waals surface area contributed by atoms with Crippen molar-refractivity contribution in [1.82, 2.24) is 0 Å². The number of rotatable bonds is 5. The van der Waals surface area contributed by atoms with E-state index < -0.39 is 0 Å². The first-order valence-corrected chi connectivity index (χ1v) is 6.22. The number of Topliss-reactive ketones (excluding diaryl/α,β-unsaturated/α-hetero) is 1. The van der Waals surface area contributed by atoms with Crippen LogP contribution < -0.4 is 0 Å². The highest BCUT2D eigenvalue weighted by atomic mass is 35.5. The molecule has 0 saturated heterocycles. The fraction of sp³-hybridized carbons (Fsp3) is 0.545. The molecule has 1 aromatic heterocycles. The molecule has 0 saturated carbocycles. The van der Waals surface area contributed by atoms with Gasteiger partial charge in [0.05, 0.1) is 9.90 Å². The molecule has 0 N–H and O–H groups in total. The summed E-state index contributed by atoms with van der Waals surface area (Å²) in [6.07, 6.45) is -0.383. The third-order valence-corrected chi connectivity index (χ3v) is 3.41. The van der Waals surface area contributed by atoms with E-state index in [1.807, 2.05) is 26.2 Å². The Bertz CT molecular complexity index is 333. The van der Waals surface area contributed by atoms with E-state index in [1.165, 1.54) is 11.3 Å². The molecule has 15 heavy (non-hydrogen) atoms. The molecule has 4 heteroatoms. The monoisotopic (exact) mass is 246 g/mol. The number of carbonyl (C=O) groups excluding carboxylic acids is 1. The second-order valence-corrected chi connectivity index (χ2v) is 4.91. The van der Waals surface area contributed by atoms with E-state index in [0.29, 0.717) is 16.5 Å². The van der Waals surface area contributed by atoms with Crippen molar-refractivity contribution in [2.75, 3.05) is 6.61 Å². The number of carbonyl (C=O) groups is 1. The van der Waals surface area contributed by atoms with Gasteiger partial charge in [-0.1, -0.05) is 25.4 Å². The van der Waals surface area contributed by atoms with Crippen LogP contribution in [0.25, 0.3) is 0 Å². The lowest BCUT2D eigenvalue weighted by Crippen LogP contribution is -2.29. The number of ketones is 1. The first-order chi connectivity index (χ1) is 7.07. The van der Waals surface area contributed by atoms with Gasteiger partial charge >= 0.3 is 0 Å². The average molecular weight is 247 g/mol. The second kappa shape index (κ2) is 5.64. The molecule has 1 unspecified atom stereocenters. The fourth-order valence-electron chi connectivity index (χ4n) is 1.35. The van der Waals surface area contributed by atoms with Crippen LogP contribution in [0.4, 0.5) is 0 Å². The van der Waals surface area contributed by atoms with Gasteiger partial charge in [0.2, 0.25) is 5.78 Å². The minimum atomic E-state index is -0.383. The lowest BCUT2D eigenvalue weighted by molar-refractivity contribution is 0.0283. The van der Waals surface area contributed by atoms with Gasteiger partial charge in [-0.15, -0.1) is 11.3 Å². The number of hydrogen-bond donors (Lipinski definition) is 0. The molecule has 84 valence electrons. The standard InChI is InChI=1S/C11H15ClO2S/c1-4-14-10(7(2)3)9(13)11-8(12)5-6-15-11/h5-7,10H,4H2,1-3H3. The Labute approximate surface area is 99.2 Å². The summed E-state index contributed by atoms with van der Waals surface area (Å²) in [4.78, 5) is 12.7. The van der Waals surface area contributed by atoms with E-state index in [2.05, 4.69) is 0 Å². The van der Waals surface area contributed by atoms with Gasteiger partial charge in [0.25, 0.3) is 0 Å². The van der Waals surface area contributed by atoms with Gasteiger partial charge in [-0.05, 0) is 24.3 Å². The van der Waals surface area contributed by atoms with Crippen molar-refractivity contribution in [1.29, 1.82) is 0 Å². The molecule has 0 spiro atoms. The molecule has 2 nitrogen and oxygen atoms in total. The minimum Gasteiger partial charge on any atom is -0.370 e. The maximum Gasteiger partial charge on any atom is 0.203 e. The molecule has 0 amide bonds. The Morgan fingerprint density at radius 1 is 1.60 bits per heavy atom. The topological polar surface area (TPSA) is 26.3 Å². The highest BCUT2D eigenvalue weighted by Gasteiger charge is 2.26. The third kappa shape index (κ3) is 3.03.